The maximum Gasteiger partial charge on any atom is 0.334 e. The number of nitrogens with zero attached hydrogens (tertiary/aromatic N) is 1. The number of H-pyrrole nitrogens is 1. The summed E-state index contributed by atoms with van der Waals surface area (Å²) in [6, 6.07) is 0. The lowest BCUT2D eigenvalue weighted by Gasteiger charge is -2.08. The van der Waals surface area contributed by atoms with Crippen LogP contribution in [0.4, 0.5) is 4.39 Å². The number of rotatable bonds is 1. The quantitative estimate of drug-likeness (QED) is 0.709. The van der Waals surface area contributed by atoms with Gasteiger partial charge >= 0.3 is 5.69 Å². The van der Waals surface area contributed by atoms with Crippen molar-refractivity contribution in [3.8, 4) is 0 Å². The van der Waals surface area contributed by atoms with E-state index < -0.39 is 17.1 Å². The van der Waals surface area contributed by atoms with Crippen molar-refractivity contribution in [1.29, 1.82) is 0 Å². The molecule has 0 bridgehead atoms. The molecular weight excluding hydrogens is 213 g/mol. The van der Waals surface area contributed by atoms with E-state index in [1.807, 2.05) is 4.98 Å². The molecule has 2 N–H and O–H groups in total. The van der Waals surface area contributed by atoms with E-state index in [0.717, 1.165) is 10.8 Å². The first-order valence-corrected chi connectivity index (χ1v) is 4.50. The second kappa shape index (κ2) is 4.01. The number of hydrogen-bond donors (Lipinski definition) is 2. The lowest BCUT2D eigenvalue weighted by molar-refractivity contribution is 0.586. The number of nitrogens with one attached hydrogen (secondary N) is 2. The fourth-order valence-corrected chi connectivity index (χ4v) is 1.22. The average Bonchev–Trinajstić information content (AvgIpc) is 2.52. The number of halogens is 1. The Balaban J connectivity index is 2.57. The van der Waals surface area contributed by atoms with E-state index in [9.17, 15) is 14.0 Å². The van der Waals surface area contributed by atoms with Crippen molar-refractivity contribution in [2.45, 2.75) is 0 Å². The summed E-state index contributed by atoms with van der Waals surface area (Å²) in [6.45, 7) is 0. The Morgan fingerprint density at radius 1 is 1.19 bits per heavy atom. The van der Waals surface area contributed by atoms with Crippen LogP contribution in [-0.4, -0.2) is 9.55 Å². The standard InChI is InChI=1S/C10H8FN3O2/c11-7-6-14(10(16)13-9(7)15)8-4-2-1-3-5-12-8/h1-6,12H,(H,13,15,16). The second-order valence-corrected chi connectivity index (χ2v) is 3.05. The zero-order valence-electron chi connectivity index (χ0n) is 8.11. The Morgan fingerprint density at radius 3 is 2.81 bits per heavy atom. The van der Waals surface area contributed by atoms with E-state index in [1.54, 1.807) is 30.5 Å². The van der Waals surface area contributed by atoms with Gasteiger partial charge in [0.05, 0.1) is 6.20 Å². The zero-order chi connectivity index (χ0) is 11.5. The monoisotopic (exact) mass is 221 g/mol. The molecule has 16 heavy (non-hydrogen) atoms. The molecule has 0 fully saturated rings. The summed E-state index contributed by atoms with van der Waals surface area (Å²) < 4.78 is 14.0. The topological polar surface area (TPSA) is 66.9 Å². The van der Waals surface area contributed by atoms with E-state index in [4.69, 9.17) is 0 Å². The van der Waals surface area contributed by atoms with Gasteiger partial charge in [-0.05, 0) is 12.2 Å². The Kier molecular flexibility index (Phi) is 2.55. The SMILES string of the molecule is O=c1[nH]c(=O)n(C2=CC=CC=CN2)cc1F. The third-order valence-electron chi connectivity index (χ3n) is 1.96. The average molecular weight is 221 g/mol. The molecule has 82 valence electrons. The fourth-order valence-electron chi connectivity index (χ4n) is 1.22. The molecule has 0 unspecified atom stereocenters. The van der Waals surface area contributed by atoms with Crippen molar-refractivity contribution in [2.24, 2.45) is 0 Å². The largest absolute Gasteiger partial charge is 0.348 e. The first-order valence-electron chi connectivity index (χ1n) is 4.50. The maximum absolute atomic E-state index is 13.0. The van der Waals surface area contributed by atoms with Gasteiger partial charge in [0.25, 0.3) is 5.56 Å². The van der Waals surface area contributed by atoms with Crippen LogP contribution in [0.25, 0.3) is 5.82 Å². The van der Waals surface area contributed by atoms with Crippen molar-refractivity contribution in [3.05, 3.63) is 63.4 Å². The molecule has 2 heterocycles. The van der Waals surface area contributed by atoms with E-state index in [1.165, 1.54) is 0 Å². The lowest BCUT2D eigenvalue weighted by atomic mass is 10.4. The molecule has 2 rings (SSSR count). The molecule has 0 saturated carbocycles. The minimum atomic E-state index is -1.03. The lowest BCUT2D eigenvalue weighted by Crippen LogP contribution is -2.33. The van der Waals surface area contributed by atoms with Crippen LogP contribution in [0.5, 0.6) is 0 Å². The molecule has 0 atom stereocenters. The summed E-state index contributed by atoms with van der Waals surface area (Å²) in [4.78, 5) is 24.1. The summed E-state index contributed by atoms with van der Waals surface area (Å²) >= 11 is 0. The van der Waals surface area contributed by atoms with E-state index >= 15 is 0 Å². The fraction of sp³-hybridized carbons (Fsp3) is 0. The summed E-state index contributed by atoms with van der Waals surface area (Å²) in [5.74, 6) is -0.662. The highest BCUT2D eigenvalue weighted by atomic mass is 19.1. The Bertz CT molecular complexity index is 607. The molecule has 1 aromatic rings. The van der Waals surface area contributed by atoms with Crippen molar-refractivity contribution in [1.82, 2.24) is 14.9 Å². The first kappa shape index (κ1) is 10.2. The molecule has 0 aliphatic carbocycles. The summed E-state index contributed by atoms with van der Waals surface area (Å²) in [5, 5.41) is 2.78. The number of hydrogen-bond acceptors (Lipinski definition) is 3. The van der Waals surface area contributed by atoms with Gasteiger partial charge in [-0.15, -0.1) is 0 Å². The van der Waals surface area contributed by atoms with Crippen LogP contribution in [0, 0.1) is 5.82 Å². The molecule has 1 aromatic heterocycles. The zero-order valence-corrected chi connectivity index (χ0v) is 8.11. The number of aromatic nitrogens is 2. The summed E-state index contributed by atoms with van der Waals surface area (Å²) in [7, 11) is 0. The van der Waals surface area contributed by atoms with Crippen LogP contribution in [-0.2, 0) is 0 Å². The van der Waals surface area contributed by atoms with Gasteiger partial charge in [0.2, 0.25) is 5.82 Å². The van der Waals surface area contributed by atoms with Crippen LogP contribution >= 0.6 is 0 Å². The number of aromatic amines is 1. The third kappa shape index (κ3) is 1.85. The minimum Gasteiger partial charge on any atom is -0.348 e. The van der Waals surface area contributed by atoms with Gasteiger partial charge in [0, 0.05) is 6.20 Å². The van der Waals surface area contributed by atoms with E-state index in [-0.39, 0.29) is 0 Å². The Morgan fingerprint density at radius 2 is 2.00 bits per heavy atom. The van der Waals surface area contributed by atoms with Gasteiger partial charge in [-0.2, -0.15) is 4.39 Å². The summed E-state index contributed by atoms with van der Waals surface area (Å²) in [6.07, 6.45) is 9.15. The van der Waals surface area contributed by atoms with Crippen molar-refractivity contribution in [3.63, 3.8) is 0 Å². The van der Waals surface area contributed by atoms with E-state index in [2.05, 4.69) is 5.32 Å². The molecule has 0 radical (unpaired) electrons. The van der Waals surface area contributed by atoms with Gasteiger partial charge in [0.1, 0.15) is 5.82 Å². The minimum absolute atomic E-state index is 0.352. The molecule has 6 heteroatoms. The molecular formula is C10H8FN3O2. The highest BCUT2D eigenvalue weighted by molar-refractivity contribution is 5.48. The van der Waals surface area contributed by atoms with Crippen molar-refractivity contribution in [2.75, 3.05) is 0 Å². The van der Waals surface area contributed by atoms with Crippen LogP contribution in [0.2, 0.25) is 0 Å². The third-order valence-corrected chi connectivity index (χ3v) is 1.96. The molecule has 0 spiro atoms. The van der Waals surface area contributed by atoms with Gasteiger partial charge in [-0.25, -0.2) is 4.79 Å². The van der Waals surface area contributed by atoms with E-state index in [0.29, 0.717) is 5.82 Å². The second-order valence-electron chi connectivity index (χ2n) is 3.05. The molecule has 1 aliphatic heterocycles. The predicted octanol–water partition coefficient (Wildman–Crippen LogP) is 0.147. The van der Waals surface area contributed by atoms with Crippen LogP contribution < -0.4 is 16.6 Å². The van der Waals surface area contributed by atoms with Crippen molar-refractivity contribution >= 4 is 5.82 Å². The van der Waals surface area contributed by atoms with Crippen LogP contribution in [0.15, 0.2) is 46.3 Å². The maximum atomic E-state index is 13.0. The smallest absolute Gasteiger partial charge is 0.334 e. The predicted molar refractivity (Wildman–Crippen MR) is 57.0 cm³/mol. The molecule has 0 aromatic carbocycles. The molecule has 5 nitrogen and oxygen atoms in total. The van der Waals surface area contributed by atoms with Gasteiger partial charge < -0.3 is 5.32 Å². The van der Waals surface area contributed by atoms with Crippen LogP contribution in [0.3, 0.4) is 0 Å². The highest BCUT2D eigenvalue weighted by Crippen LogP contribution is 2.00. The van der Waals surface area contributed by atoms with Gasteiger partial charge in [-0.1, -0.05) is 12.2 Å². The molecule has 0 amide bonds. The summed E-state index contributed by atoms with van der Waals surface area (Å²) in [5.41, 5.74) is -1.73. The Hall–Kier alpha value is -2.37. The normalized spacial score (nSPS) is 14.2. The van der Waals surface area contributed by atoms with Gasteiger partial charge in [0.15, 0.2) is 0 Å². The van der Waals surface area contributed by atoms with Crippen molar-refractivity contribution < 1.29 is 4.39 Å². The highest BCUT2D eigenvalue weighted by Gasteiger charge is 2.06. The molecule has 0 saturated heterocycles. The van der Waals surface area contributed by atoms with Crippen LogP contribution in [0.1, 0.15) is 0 Å². The first-order chi connectivity index (χ1) is 7.68. The molecule has 1 aliphatic rings. The number of allylic oxidation sites excluding steroid dienone is 4. The van der Waals surface area contributed by atoms with Gasteiger partial charge in [-0.3, -0.25) is 14.3 Å². The Labute approximate surface area is 89.2 Å².